The minimum Gasteiger partial charge on any atom is -0.504 e. The van der Waals surface area contributed by atoms with Gasteiger partial charge in [0.2, 0.25) is 5.75 Å². The van der Waals surface area contributed by atoms with Crippen molar-refractivity contribution in [2.75, 3.05) is 0 Å². The van der Waals surface area contributed by atoms with Crippen molar-refractivity contribution in [3.05, 3.63) is 52.2 Å². The van der Waals surface area contributed by atoms with Crippen molar-refractivity contribution in [2.24, 2.45) is 7.05 Å². The van der Waals surface area contributed by atoms with Crippen LogP contribution < -0.4 is 0 Å². The second-order valence-corrected chi connectivity index (χ2v) is 7.57. The highest BCUT2D eigenvalue weighted by Crippen LogP contribution is 2.55. The van der Waals surface area contributed by atoms with Gasteiger partial charge in [-0.3, -0.25) is 4.79 Å². The molecule has 8 heteroatoms. The molecule has 3 aromatic rings. The normalized spacial score (nSPS) is 19.9. The maximum atomic E-state index is 13.3. The first-order chi connectivity index (χ1) is 13.8. The second-order valence-electron chi connectivity index (χ2n) is 7.57. The number of rotatable bonds is 1. The van der Waals surface area contributed by atoms with Crippen molar-refractivity contribution in [3.63, 3.8) is 0 Å². The standard InChI is InChI=1S/C21H18N2O6/c1-8-13-14(18(25)19(26)17(8)24)16-15-10(7-12(21(28)29)23(16)20(13)27)9-5-3-4-6-11(9)22(15)2/h3-6,12,16,24-26H,7H2,1-2H3,(H,28,29)/t12-,16+/m0/s1. The summed E-state index contributed by atoms with van der Waals surface area (Å²) in [5.74, 6) is -3.64. The van der Waals surface area contributed by atoms with Gasteiger partial charge in [0.25, 0.3) is 5.91 Å². The SMILES string of the molecule is Cc1c(O)c(O)c(O)c2c1C(=O)N1[C@H]2c2c(c3ccccc3n2C)C[C@H]1C(=O)O. The maximum Gasteiger partial charge on any atom is 0.326 e. The molecule has 4 N–H and O–H groups in total. The summed E-state index contributed by atoms with van der Waals surface area (Å²) in [7, 11) is 1.83. The van der Waals surface area contributed by atoms with Gasteiger partial charge in [-0.15, -0.1) is 0 Å². The number of carbonyl (C=O) groups is 2. The van der Waals surface area contributed by atoms with Gasteiger partial charge in [0.05, 0.1) is 5.56 Å². The van der Waals surface area contributed by atoms with E-state index in [9.17, 15) is 30.0 Å². The summed E-state index contributed by atoms with van der Waals surface area (Å²) in [6, 6.07) is 5.53. The molecule has 0 radical (unpaired) electrons. The number of fused-ring (bicyclic) bond motifs is 7. The highest BCUT2D eigenvalue weighted by Gasteiger charge is 2.52. The minimum absolute atomic E-state index is 0.0344. The largest absolute Gasteiger partial charge is 0.504 e. The fraction of sp³-hybridized carbons (Fsp3) is 0.238. The predicted molar refractivity (Wildman–Crippen MR) is 102 cm³/mol. The van der Waals surface area contributed by atoms with Gasteiger partial charge in [-0.05, 0) is 18.6 Å². The van der Waals surface area contributed by atoms with Gasteiger partial charge in [0, 0.05) is 41.2 Å². The van der Waals surface area contributed by atoms with E-state index in [1.807, 2.05) is 35.9 Å². The Hall–Kier alpha value is -3.68. The third-order valence-corrected chi connectivity index (χ3v) is 6.24. The summed E-state index contributed by atoms with van der Waals surface area (Å²) in [6.45, 7) is 1.46. The Morgan fingerprint density at radius 2 is 1.79 bits per heavy atom. The van der Waals surface area contributed by atoms with Crippen LogP contribution in [0.5, 0.6) is 17.2 Å². The number of hydrogen-bond donors (Lipinski definition) is 4. The molecule has 29 heavy (non-hydrogen) atoms. The summed E-state index contributed by atoms with van der Waals surface area (Å²) in [5.41, 5.74) is 2.63. The summed E-state index contributed by atoms with van der Waals surface area (Å²) < 4.78 is 1.89. The van der Waals surface area contributed by atoms with Gasteiger partial charge >= 0.3 is 5.97 Å². The number of aromatic hydroxyl groups is 3. The highest BCUT2D eigenvalue weighted by atomic mass is 16.4. The molecular weight excluding hydrogens is 376 g/mol. The molecule has 148 valence electrons. The number of phenols is 3. The van der Waals surface area contributed by atoms with Crippen molar-refractivity contribution >= 4 is 22.8 Å². The van der Waals surface area contributed by atoms with E-state index in [2.05, 4.69) is 0 Å². The van der Waals surface area contributed by atoms with E-state index < -0.39 is 41.2 Å². The molecule has 0 saturated heterocycles. The van der Waals surface area contributed by atoms with Crippen LogP contribution in [0.25, 0.3) is 10.9 Å². The van der Waals surface area contributed by atoms with Gasteiger partial charge in [-0.25, -0.2) is 4.79 Å². The monoisotopic (exact) mass is 394 g/mol. The summed E-state index contributed by atoms with van der Waals surface area (Å²) in [5, 5.41) is 41.8. The molecule has 5 rings (SSSR count). The Morgan fingerprint density at radius 3 is 2.48 bits per heavy atom. The first-order valence-electron chi connectivity index (χ1n) is 9.14. The molecule has 8 nitrogen and oxygen atoms in total. The molecule has 1 amide bonds. The van der Waals surface area contributed by atoms with Gasteiger partial charge in [0.1, 0.15) is 12.1 Å². The van der Waals surface area contributed by atoms with Crippen molar-refractivity contribution in [3.8, 4) is 17.2 Å². The summed E-state index contributed by atoms with van der Waals surface area (Å²) in [6.07, 6.45) is 0.125. The fourth-order valence-electron chi connectivity index (χ4n) is 4.93. The van der Waals surface area contributed by atoms with Crippen LogP contribution in [0.1, 0.15) is 38.8 Å². The number of hydrogen-bond acceptors (Lipinski definition) is 5. The van der Waals surface area contributed by atoms with E-state index in [0.29, 0.717) is 5.69 Å². The van der Waals surface area contributed by atoms with Crippen LogP contribution >= 0.6 is 0 Å². The fourth-order valence-corrected chi connectivity index (χ4v) is 4.93. The van der Waals surface area contributed by atoms with Crippen molar-refractivity contribution in [2.45, 2.75) is 25.4 Å². The molecule has 3 heterocycles. The Kier molecular flexibility index (Phi) is 3.27. The van der Waals surface area contributed by atoms with E-state index in [0.717, 1.165) is 16.5 Å². The molecule has 2 aliphatic rings. The van der Waals surface area contributed by atoms with Crippen LogP contribution in [0, 0.1) is 6.92 Å². The quantitative estimate of drug-likeness (QED) is 0.469. The average Bonchev–Trinajstić information content (AvgIpc) is 3.17. The molecule has 1 aromatic heterocycles. The number of nitrogens with zero attached hydrogens (tertiary/aromatic N) is 2. The number of amides is 1. The first-order valence-corrected chi connectivity index (χ1v) is 9.14. The first kappa shape index (κ1) is 17.4. The number of aliphatic carboxylic acids is 1. The van der Waals surface area contributed by atoms with E-state index in [4.69, 9.17) is 0 Å². The molecule has 2 atom stereocenters. The van der Waals surface area contributed by atoms with Crippen LogP contribution in [-0.4, -0.2) is 47.8 Å². The molecule has 0 unspecified atom stereocenters. The number of carboxylic acids is 1. The lowest BCUT2D eigenvalue weighted by molar-refractivity contribution is -0.143. The maximum absolute atomic E-state index is 13.3. The van der Waals surface area contributed by atoms with Crippen molar-refractivity contribution < 1.29 is 30.0 Å². The van der Waals surface area contributed by atoms with Crippen LogP contribution in [0.15, 0.2) is 24.3 Å². The van der Waals surface area contributed by atoms with E-state index >= 15 is 0 Å². The number of phenolic OH excluding ortho intramolecular Hbond substituents is 3. The third kappa shape index (κ3) is 1.93. The number of carboxylic acid groups (broad SMARTS) is 1. The number of para-hydroxylation sites is 1. The highest BCUT2D eigenvalue weighted by molar-refractivity contribution is 6.06. The Morgan fingerprint density at radius 1 is 1.10 bits per heavy atom. The molecule has 0 bridgehead atoms. The lowest BCUT2D eigenvalue weighted by atomic mass is 9.89. The van der Waals surface area contributed by atoms with Crippen molar-refractivity contribution in [1.82, 2.24) is 9.47 Å². The second kappa shape index (κ2) is 5.44. The van der Waals surface area contributed by atoms with Gasteiger partial charge in [-0.1, -0.05) is 18.2 Å². The van der Waals surface area contributed by atoms with Gasteiger partial charge in [0.15, 0.2) is 11.5 Å². The summed E-state index contributed by atoms with van der Waals surface area (Å²) in [4.78, 5) is 26.6. The molecule has 0 fully saturated rings. The van der Waals surface area contributed by atoms with Crippen LogP contribution in [0.4, 0.5) is 0 Å². The smallest absolute Gasteiger partial charge is 0.326 e. The zero-order chi connectivity index (χ0) is 20.8. The van der Waals surface area contributed by atoms with E-state index in [1.165, 1.54) is 11.8 Å². The predicted octanol–water partition coefficient (Wildman–Crippen LogP) is 2.16. The zero-order valence-electron chi connectivity index (χ0n) is 15.7. The lowest BCUT2D eigenvalue weighted by Crippen LogP contribution is -2.48. The van der Waals surface area contributed by atoms with Gasteiger partial charge < -0.3 is 29.9 Å². The molecule has 2 aliphatic heterocycles. The molecule has 0 spiro atoms. The average molecular weight is 394 g/mol. The lowest BCUT2D eigenvalue weighted by Gasteiger charge is -2.36. The molecule has 0 aliphatic carbocycles. The Balaban J connectivity index is 1.93. The molecule has 0 saturated carbocycles. The van der Waals surface area contributed by atoms with Crippen LogP contribution in [-0.2, 0) is 18.3 Å². The zero-order valence-corrected chi connectivity index (χ0v) is 15.7. The number of carbonyl (C=O) groups excluding carboxylic acids is 1. The van der Waals surface area contributed by atoms with E-state index in [-0.39, 0.29) is 23.1 Å². The Labute approximate surface area is 164 Å². The minimum atomic E-state index is -1.15. The summed E-state index contributed by atoms with van der Waals surface area (Å²) >= 11 is 0. The molecule has 2 aromatic carbocycles. The van der Waals surface area contributed by atoms with E-state index in [1.54, 1.807) is 0 Å². The topological polar surface area (TPSA) is 123 Å². The number of aryl methyl sites for hydroxylation is 1. The van der Waals surface area contributed by atoms with Gasteiger partial charge in [-0.2, -0.15) is 0 Å². The number of benzene rings is 2. The van der Waals surface area contributed by atoms with Crippen LogP contribution in [0.2, 0.25) is 0 Å². The van der Waals surface area contributed by atoms with Crippen molar-refractivity contribution in [1.29, 1.82) is 0 Å². The van der Waals surface area contributed by atoms with Crippen LogP contribution in [0.3, 0.4) is 0 Å². The molecular formula is C21H18N2O6. The number of aromatic nitrogens is 1. The third-order valence-electron chi connectivity index (χ3n) is 6.24. The Bertz CT molecular complexity index is 1260.